The second-order valence-corrected chi connectivity index (χ2v) is 17.2. The Labute approximate surface area is 400 Å². The summed E-state index contributed by atoms with van der Waals surface area (Å²) in [6, 6.07) is 96.2. The fourth-order valence-corrected chi connectivity index (χ4v) is 9.69. The Kier molecular flexibility index (Phi) is 12.0. The zero-order valence-corrected chi connectivity index (χ0v) is 37.9. The molecule has 11 rings (SSSR count). The second kappa shape index (κ2) is 19.4. The molecule has 0 saturated heterocycles. The van der Waals surface area contributed by atoms with Crippen molar-refractivity contribution in [2.45, 2.75) is 12.8 Å². The van der Waals surface area contributed by atoms with Crippen LogP contribution < -0.4 is 9.80 Å². The molecule has 0 amide bonds. The molecule has 0 spiro atoms. The van der Waals surface area contributed by atoms with Crippen LogP contribution in [-0.2, 0) is 0 Å². The van der Waals surface area contributed by atoms with Crippen LogP contribution in [0.1, 0.15) is 18.4 Å². The largest absolute Gasteiger partial charge is 0.314 e. The van der Waals surface area contributed by atoms with E-state index in [-0.39, 0.29) is 0 Å². The van der Waals surface area contributed by atoms with Crippen molar-refractivity contribution in [1.82, 2.24) is 0 Å². The van der Waals surface area contributed by atoms with Gasteiger partial charge in [-0.3, -0.25) is 0 Å². The van der Waals surface area contributed by atoms with Gasteiger partial charge in [0.25, 0.3) is 0 Å². The maximum absolute atomic E-state index is 2.41. The second-order valence-electron chi connectivity index (χ2n) is 17.2. The summed E-state index contributed by atoms with van der Waals surface area (Å²) in [7, 11) is 0. The Balaban J connectivity index is 0.911. The Morgan fingerprint density at radius 2 is 0.515 bits per heavy atom. The van der Waals surface area contributed by atoms with Crippen LogP contribution in [0.2, 0.25) is 0 Å². The van der Waals surface area contributed by atoms with Crippen LogP contribution in [0.5, 0.6) is 0 Å². The number of benzene rings is 10. The smallest absolute Gasteiger partial charge is 0.0462 e. The van der Waals surface area contributed by atoms with Gasteiger partial charge in [-0.2, -0.15) is 0 Å². The van der Waals surface area contributed by atoms with Crippen LogP contribution >= 0.6 is 0 Å². The highest BCUT2D eigenvalue weighted by Crippen LogP contribution is 2.44. The van der Waals surface area contributed by atoms with Gasteiger partial charge in [0.05, 0.1) is 0 Å². The topological polar surface area (TPSA) is 6.48 Å². The monoisotopic (exact) mass is 870 g/mol. The van der Waals surface area contributed by atoms with Crippen LogP contribution in [0.15, 0.2) is 285 Å². The maximum atomic E-state index is 2.41. The quantitative estimate of drug-likeness (QED) is 0.121. The van der Waals surface area contributed by atoms with Crippen LogP contribution in [-0.4, -0.2) is 0 Å². The van der Waals surface area contributed by atoms with Crippen molar-refractivity contribution in [2.75, 3.05) is 9.80 Å². The number of para-hydroxylation sites is 2. The lowest BCUT2D eigenvalue weighted by Gasteiger charge is -2.30. The predicted octanol–water partition coefficient (Wildman–Crippen LogP) is 18.4. The zero-order valence-electron chi connectivity index (χ0n) is 37.9. The summed E-state index contributed by atoms with van der Waals surface area (Å²) in [4.78, 5) is 4.74. The minimum absolute atomic E-state index is 0.957. The highest BCUT2D eigenvalue weighted by atomic mass is 15.2. The van der Waals surface area contributed by atoms with Gasteiger partial charge in [-0.15, -0.1) is 0 Å². The van der Waals surface area contributed by atoms with Crippen molar-refractivity contribution in [3.05, 3.63) is 290 Å². The summed E-state index contributed by atoms with van der Waals surface area (Å²) < 4.78 is 0. The lowest BCUT2D eigenvalue weighted by Crippen LogP contribution is -2.17. The standard InChI is InChI=1S/C66H50N2/c1-5-19-49(20-6-1)51-33-41-57(42-34-51)67(55-23-9-3-10-24-55)59-45-37-53(38-46-59)61-27-13-15-29-63(61)65-31-17-18-32-66(65)64-30-16-14-28-62(64)54-39-47-60(48-40-54)68(56-25-11-4-12-26-56)58-43-35-52(36-44-58)50-21-7-2-8-22-50/h1-35,37-43,45-48H,36,44H2. The van der Waals surface area contributed by atoms with Crippen LogP contribution in [0, 0.1) is 0 Å². The SMILES string of the molecule is C1=C(c2ccccc2)CCC(N(c2ccccc2)c2ccc(-c3ccccc3-c3ccccc3-c3ccccc3-c3ccc(N(c4ccccc4)c4ccc(-c5ccccc5)cc4)cc3)cc2)=C1. The zero-order chi connectivity index (χ0) is 45.5. The van der Waals surface area contributed by atoms with E-state index in [1.165, 1.54) is 72.5 Å². The van der Waals surface area contributed by atoms with E-state index in [2.05, 4.69) is 289 Å². The molecule has 0 saturated carbocycles. The third kappa shape index (κ3) is 8.72. The first-order chi connectivity index (χ1) is 33.7. The third-order valence-electron chi connectivity index (χ3n) is 13.1. The summed E-state index contributed by atoms with van der Waals surface area (Å²) in [6.07, 6.45) is 6.55. The van der Waals surface area contributed by atoms with Crippen molar-refractivity contribution in [3.63, 3.8) is 0 Å². The molecule has 2 nitrogen and oxygen atoms in total. The minimum Gasteiger partial charge on any atom is -0.314 e. The van der Waals surface area contributed by atoms with Crippen molar-refractivity contribution < 1.29 is 0 Å². The van der Waals surface area contributed by atoms with Crippen molar-refractivity contribution in [2.24, 2.45) is 0 Å². The molecule has 0 aromatic heterocycles. The van der Waals surface area contributed by atoms with Crippen molar-refractivity contribution in [1.29, 1.82) is 0 Å². The van der Waals surface area contributed by atoms with E-state index < -0.39 is 0 Å². The molecule has 324 valence electrons. The van der Waals surface area contributed by atoms with Gasteiger partial charge in [0.1, 0.15) is 0 Å². The molecule has 68 heavy (non-hydrogen) atoms. The fourth-order valence-electron chi connectivity index (χ4n) is 9.69. The molecule has 0 bridgehead atoms. The van der Waals surface area contributed by atoms with Gasteiger partial charge in [0.2, 0.25) is 0 Å². The van der Waals surface area contributed by atoms with Gasteiger partial charge in [0, 0.05) is 34.1 Å². The molecule has 0 heterocycles. The van der Waals surface area contributed by atoms with Gasteiger partial charge in [-0.1, -0.05) is 212 Å². The van der Waals surface area contributed by atoms with E-state index >= 15 is 0 Å². The van der Waals surface area contributed by atoms with Crippen LogP contribution in [0.25, 0.3) is 61.2 Å². The number of hydrogen-bond acceptors (Lipinski definition) is 2. The number of rotatable bonds is 12. The summed E-state index contributed by atoms with van der Waals surface area (Å²) in [5, 5.41) is 0. The average molecular weight is 871 g/mol. The van der Waals surface area contributed by atoms with Gasteiger partial charge >= 0.3 is 0 Å². The molecule has 1 aliphatic carbocycles. The Hall–Kier alpha value is -8.72. The normalized spacial score (nSPS) is 12.2. The first-order valence-corrected chi connectivity index (χ1v) is 23.5. The number of anilines is 5. The van der Waals surface area contributed by atoms with Crippen molar-refractivity contribution >= 4 is 34.0 Å². The molecule has 0 N–H and O–H groups in total. The van der Waals surface area contributed by atoms with E-state index in [9.17, 15) is 0 Å². The molecule has 1 aliphatic rings. The number of nitrogens with zero attached hydrogens (tertiary/aromatic N) is 2. The third-order valence-corrected chi connectivity index (χ3v) is 13.1. The van der Waals surface area contributed by atoms with Gasteiger partial charge in [0.15, 0.2) is 0 Å². The number of hydrogen-bond donors (Lipinski definition) is 0. The van der Waals surface area contributed by atoms with Crippen LogP contribution in [0.4, 0.5) is 28.4 Å². The fraction of sp³-hybridized carbons (Fsp3) is 0.0303. The lowest BCUT2D eigenvalue weighted by molar-refractivity contribution is 0.930. The molecule has 10 aromatic rings. The van der Waals surface area contributed by atoms with Crippen molar-refractivity contribution in [3.8, 4) is 55.6 Å². The maximum Gasteiger partial charge on any atom is 0.0462 e. The molecule has 2 heteroatoms. The van der Waals surface area contributed by atoms with E-state index in [0.29, 0.717) is 0 Å². The van der Waals surface area contributed by atoms with E-state index in [1.54, 1.807) is 0 Å². The molecule has 0 aliphatic heterocycles. The lowest BCUT2D eigenvalue weighted by atomic mass is 9.86. The first kappa shape index (κ1) is 41.9. The van der Waals surface area contributed by atoms with E-state index in [4.69, 9.17) is 0 Å². The predicted molar refractivity (Wildman–Crippen MR) is 289 cm³/mol. The highest BCUT2D eigenvalue weighted by molar-refractivity contribution is 5.96. The van der Waals surface area contributed by atoms with Crippen LogP contribution in [0.3, 0.4) is 0 Å². The summed E-state index contributed by atoms with van der Waals surface area (Å²) in [5.41, 5.74) is 21.5. The average Bonchev–Trinajstić information content (AvgIpc) is 3.43. The minimum atomic E-state index is 0.957. The summed E-state index contributed by atoms with van der Waals surface area (Å²) in [5.74, 6) is 0. The van der Waals surface area contributed by atoms with Gasteiger partial charge < -0.3 is 9.80 Å². The van der Waals surface area contributed by atoms with Gasteiger partial charge in [-0.05, 0) is 146 Å². The molecular weight excluding hydrogens is 821 g/mol. The molecule has 10 aromatic carbocycles. The molecule has 0 fully saturated rings. The molecule has 0 radical (unpaired) electrons. The Morgan fingerprint density at radius 1 is 0.206 bits per heavy atom. The number of allylic oxidation sites excluding steroid dienone is 4. The summed E-state index contributed by atoms with van der Waals surface area (Å²) >= 11 is 0. The van der Waals surface area contributed by atoms with E-state index in [0.717, 1.165) is 41.3 Å². The first-order valence-electron chi connectivity index (χ1n) is 23.5. The van der Waals surface area contributed by atoms with Gasteiger partial charge in [-0.25, -0.2) is 0 Å². The Morgan fingerprint density at radius 3 is 0.941 bits per heavy atom. The molecule has 0 atom stereocenters. The molecular formula is C66H50N2. The summed E-state index contributed by atoms with van der Waals surface area (Å²) in [6.45, 7) is 0. The molecule has 0 unspecified atom stereocenters. The highest BCUT2D eigenvalue weighted by Gasteiger charge is 2.20. The van der Waals surface area contributed by atoms with E-state index in [1.807, 2.05) is 0 Å². The Bertz CT molecular complexity index is 3340.